The minimum absolute atomic E-state index is 0.0303. The van der Waals surface area contributed by atoms with Gasteiger partial charge in [-0.25, -0.2) is 8.42 Å². The van der Waals surface area contributed by atoms with Crippen LogP contribution in [0.2, 0.25) is 0 Å². The maximum atomic E-state index is 11.1. The highest BCUT2D eigenvalue weighted by Gasteiger charge is 2.11. The van der Waals surface area contributed by atoms with Crippen molar-refractivity contribution in [3.8, 4) is 11.5 Å². The topological polar surface area (TPSA) is 78.6 Å². The zero-order valence-corrected chi connectivity index (χ0v) is 11.5. The highest BCUT2D eigenvalue weighted by molar-refractivity contribution is 7.90. The molecule has 0 saturated carbocycles. The van der Waals surface area contributed by atoms with Gasteiger partial charge in [0.25, 0.3) is 0 Å². The molecule has 0 heterocycles. The summed E-state index contributed by atoms with van der Waals surface area (Å²) >= 11 is 0. The fraction of sp³-hybridized carbons (Fsp3) is 0.500. The maximum absolute atomic E-state index is 11.1. The zero-order chi connectivity index (χ0) is 13.6. The Hall–Kier alpha value is -1.27. The summed E-state index contributed by atoms with van der Waals surface area (Å²) in [5.74, 6) is 1.09. The van der Waals surface area contributed by atoms with Crippen molar-refractivity contribution in [1.29, 1.82) is 0 Å². The quantitative estimate of drug-likeness (QED) is 0.800. The van der Waals surface area contributed by atoms with E-state index in [2.05, 4.69) is 0 Å². The van der Waals surface area contributed by atoms with Gasteiger partial charge in [0.1, 0.15) is 6.61 Å². The van der Waals surface area contributed by atoms with Gasteiger partial charge >= 0.3 is 0 Å². The number of hydrogen-bond acceptors (Lipinski definition) is 5. The van der Waals surface area contributed by atoms with Crippen LogP contribution in [0.3, 0.4) is 0 Å². The van der Waals surface area contributed by atoms with Gasteiger partial charge in [0, 0.05) is 18.4 Å². The molecule has 6 heteroatoms. The van der Waals surface area contributed by atoms with Gasteiger partial charge in [-0.05, 0) is 13.0 Å². The third-order valence-corrected chi connectivity index (χ3v) is 3.19. The van der Waals surface area contributed by atoms with Gasteiger partial charge in [0.05, 0.1) is 12.4 Å². The Morgan fingerprint density at radius 2 is 2.00 bits per heavy atom. The van der Waals surface area contributed by atoms with Gasteiger partial charge in [-0.2, -0.15) is 0 Å². The molecule has 0 bridgehead atoms. The summed E-state index contributed by atoms with van der Waals surface area (Å²) in [7, 11) is -3.04. The van der Waals surface area contributed by atoms with Crippen LogP contribution in [0.4, 0.5) is 0 Å². The molecular weight excluding hydrogens is 254 g/mol. The highest BCUT2D eigenvalue weighted by atomic mass is 32.2. The van der Waals surface area contributed by atoms with Gasteiger partial charge in [-0.3, -0.25) is 0 Å². The van der Waals surface area contributed by atoms with Crippen LogP contribution >= 0.6 is 0 Å². The lowest BCUT2D eigenvalue weighted by atomic mass is 10.2. The van der Waals surface area contributed by atoms with Crippen LogP contribution in [0.25, 0.3) is 0 Å². The molecule has 5 nitrogen and oxygen atoms in total. The van der Waals surface area contributed by atoms with Crippen molar-refractivity contribution in [2.75, 3.05) is 25.2 Å². The number of para-hydroxylation sites is 1. The first-order valence-electron chi connectivity index (χ1n) is 5.73. The average molecular weight is 273 g/mol. The van der Waals surface area contributed by atoms with Gasteiger partial charge in [0.15, 0.2) is 21.3 Å². The molecular formula is C12H19NO4S. The van der Waals surface area contributed by atoms with E-state index >= 15 is 0 Å². The number of nitrogens with two attached hydrogens (primary N) is 1. The molecule has 18 heavy (non-hydrogen) atoms. The number of rotatable bonds is 7. The lowest BCUT2D eigenvalue weighted by molar-refractivity contribution is 0.286. The molecule has 0 spiro atoms. The first-order chi connectivity index (χ1) is 8.48. The van der Waals surface area contributed by atoms with Gasteiger partial charge in [0.2, 0.25) is 0 Å². The Morgan fingerprint density at radius 1 is 1.28 bits per heavy atom. The lowest BCUT2D eigenvalue weighted by Crippen LogP contribution is -2.14. The van der Waals surface area contributed by atoms with Gasteiger partial charge < -0.3 is 15.2 Å². The molecule has 0 aliphatic carbocycles. The molecule has 0 aromatic heterocycles. The standard InChI is InChI=1S/C12H19NO4S/c1-3-16-11-6-4-5-10(9-13)12(11)17-7-8-18(2,14)15/h4-6H,3,7-9,13H2,1-2H3. The number of sulfone groups is 1. The summed E-state index contributed by atoms with van der Waals surface area (Å²) in [6.07, 6.45) is 1.18. The van der Waals surface area contributed by atoms with Gasteiger partial charge in [-0.1, -0.05) is 12.1 Å². The molecule has 2 N–H and O–H groups in total. The van der Waals surface area contributed by atoms with E-state index in [1.807, 2.05) is 19.1 Å². The Morgan fingerprint density at radius 3 is 2.56 bits per heavy atom. The smallest absolute Gasteiger partial charge is 0.165 e. The summed E-state index contributed by atoms with van der Waals surface area (Å²) in [5.41, 5.74) is 6.42. The minimum Gasteiger partial charge on any atom is -0.490 e. The normalized spacial score (nSPS) is 11.3. The molecule has 0 atom stereocenters. The van der Waals surface area contributed by atoms with Gasteiger partial charge in [-0.15, -0.1) is 0 Å². The second kappa shape index (κ2) is 6.61. The molecule has 0 unspecified atom stereocenters. The van der Waals surface area contributed by atoms with Crippen molar-refractivity contribution < 1.29 is 17.9 Å². The summed E-state index contributed by atoms with van der Waals surface area (Å²) in [6, 6.07) is 5.44. The minimum atomic E-state index is -3.04. The Labute approximate surface area is 108 Å². The number of benzene rings is 1. The van der Waals surface area contributed by atoms with Crippen LogP contribution in [0.5, 0.6) is 11.5 Å². The SMILES string of the molecule is CCOc1cccc(CN)c1OCCS(C)(=O)=O. The van der Waals surface area contributed by atoms with Crippen molar-refractivity contribution in [3.05, 3.63) is 23.8 Å². The molecule has 0 aliphatic heterocycles. The summed E-state index contributed by atoms with van der Waals surface area (Å²) in [4.78, 5) is 0. The van der Waals surface area contributed by atoms with Crippen LogP contribution in [0.1, 0.15) is 12.5 Å². The Balaban J connectivity index is 2.83. The van der Waals surface area contributed by atoms with E-state index in [4.69, 9.17) is 15.2 Å². The van der Waals surface area contributed by atoms with E-state index in [0.29, 0.717) is 24.7 Å². The zero-order valence-electron chi connectivity index (χ0n) is 10.7. The fourth-order valence-corrected chi connectivity index (χ4v) is 1.84. The first-order valence-corrected chi connectivity index (χ1v) is 7.79. The maximum Gasteiger partial charge on any atom is 0.165 e. The predicted molar refractivity (Wildman–Crippen MR) is 70.7 cm³/mol. The molecule has 0 amide bonds. The molecule has 0 radical (unpaired) electrons. The highest BCUT2D eigenvalue weighted by Crippen LogP contribution is 2.31. The van der Waals surface area contributed by atoms with E-state index in [1.165, 1.54) is 6.26 Å². The van der Waals surface area contributed by atoms with Crippen molar-refractivity contribution in [2.24, 2.45) is 5.73 Å². The fourth-order valence-electron chi connectivity index (χ4n) is 1.45. The second-order valence-corrected chi connectivity index (χ2v) is 6.12. The lowest BCUT2D eigenvalue weighted by Gasteiger charge is -2.14. The largest absolute Gasteiger partial charge is 0.490 e. The van der Waals surface area contributed by atoms with E-state index < -0.39 is 9.84 Å². The number of ether oxygens (including phenoxy) is 2. The van der Waals surface area contributed by atoms with Crippen molar-refractivity contribution in [2.45, 2.75) is 13.5 Å². The third-order valence-electron chi connectivity index (χ3n) is 2.28. The summed E-state index contributed by atoms with van der Waals surface area (Å²) in [6.45, 7) is 2.79. The van der Waals surface area contributed by atoms with Crippen molar-refractivity contribution in [3.63, 3.8) is 0 Å². The van der Waals surface area contributed by atoms with Crippen LogP contribution in [-0.2, 0) is 16.4 Å². The molecule has 0 fully saturated rings. The van der Waals surface area contributed by atoms with E-state index in [0.717, 1.165) is 5.56 Å². The Kier molecular flexibility index (Phi) is 5.43. The van der Waals surface area contributed by atoms with E-state index in [9.17, 15) is 8.42 Å². The molecule has 102 valence electrons. The van der Waals surface area contributed by atoms with Crippen LogP contribution < -0.4 is 15.2 Å². The third kappa shape index (κ3) is 4.54. The Bertz CT molecular complexity index is 485. The molecule has 1 aromatic rings. The predicted octanol–water partition coefficient (Wildman–Crippen LogP) is 0.967. The van der Waals surface area contributed by atoms with E-state index in [1.54, 1.807) is 6.07 Å². The van der Waals surface area contributed by atoms with Crippen LogP contribution in [0.15, 0.2) is 18.2 Å². The van der Waals surface area contributed by atoms with Crippen molar-refractivity contribution >= 4 is 9.84 Å². The summed E-state index contributed by atoms with van der Waals surface area (Å²) in [5, 5.41) is 0. The molecule has 1 aromatic carbocycles. The average Bonchev–Trinajstić information content (AvgIpc) is 2.29. The molecule has 0 aliphatic rings. The van der Waals surface area contributed by atoms with Crippen molar-refractivity contribution in [1.82, 2.24) is 0 Å². The second-order valence-electron chi connectivity index (χ2n) is 3.86. The number of hydrogen-bond donors (Lipinski definition) is 1. The van der Waals surface area contributed by atoms with Crippen LogP contribution in [0, 0.1) is 0 Å². The van der Waals surface area contributed by atoms with E-state index in [-0.39, 0.29) is 12.4 Å². The molecule has 0 saturated heterocycles. The first kappa shape index (κ1) is 14.8. The monoisotopic (exact) mass is 273 g/mol. The molecule has 1 rings (SSSR count). The van der Waals surface area contributed by atoms with Crippen LogP contribution in [-0.4, -0.2) is 33.6 Å². The summed E-state index contributed by atoms with van der Waals surface area (Å²) < 4.78 is 33.0.